The van der Waals surface area contributed by atoms with E-state index in [1.807, 2.05) is 27.0 Å². The molecule has 0 spiro atoms. The molecule has 106 valence electrons. The number of aryl methyl sites for hydroxylation is 2. The Kier molecular flexibility index (Phi) is 4.02. The van der Waals surface area contributed by atoms with Crippen LogP contribution in [0.3, 0.4) is 0 Å². The van der Waals surface area contributed by atoms with Gasteiger partial charge in [0.05, 0.1) is 0 Å². The van der Waals surface area contributed by atoms with Crippen molar-refractivity contribution in [3.8, 4) is 0 Å². The molecule has 2 rings (SSSR count). The molecule has 0 unspecified atom stereocenters. The number of rotatable bonds is 5. The van der Waals surface area contributed by atoms with Gasteiger partial charge in [-0.2, -0.15) is 5.10 Å². The van der Waals surface area contributed by atoms with E-state index in [4.69, 9.17) is 0 Å². The van der Waals surface area contributed by atoms with Gasteiger partial charge in [-0.05, 0) is 44.0 Å². The van der Waals surface area contributed by atoms with Crippen LogP contribution in [0.1, 0.15) is 31.5 Å². The molecule has 0 amide bonds. The molecule has 0 aliphatic rings. The minimum absolute atomic E-state index is 0.144. The lowest BCUT2D eigenvalue weighted by Crippen LogP contribution is -2.29. The molecule has 0 aliphatic carbocycles. The zero-order valence-corrected chi connectivity index (χ0v) is 12.1. The van der Waals surface area contributed by atoms with Crippen molar-refractivity contribution in [2.75, 3.05) is 0 Å². The Balaban J connectivity index is 2.07. The van der Waals surface area contributed by atoms with Crippen molar-refractivity contribution in [3.63, 3.8) is 0 Å². The molecule has 1 heterocycles. The van der Waals surface area contributed by atoms with Crippen LogP contribution in [-0.4, -0.2) is 15.6 Å². The maximum atomic E-state index is 13.0. The van der Waals surface area contributed by atoms with Gasteiger partial charge in [0.25, 0.3) is 0 Å². The summed E-state index contributed by atoms with van der Waals surface area (Å²) in [6.07, 6.45) is 2.84. The average molecular weight is 274 g/mol. The molecular weight excluding hydrogens is 255 g/mol. The van der Waals surface area contributed by atoms with E-state index in [1.165, 1.54) is 12.1 Å². The molecule has 4 heteroatoms. The lowest BCUT2D eigenvalue weighted by Gasteiger charge is -2.23. The topological polar surface area (TPSA) is 34.9 Å². The summed E-state index contributed by atoms with van der Waals surface area (Å²) in [7, 11) is 1.87. The van der Waals surface area contributed by atoms with E-state index in [9.17, 15) is 9.18 Å². The van der Waals surface area contributed by atoms with Crippen LogP contribution < -0.4 is 0 Å². The van der Waals surface area contributed by atoms with Gasteiger partial charge in [0, 0.05) is 30.8 Å². The molecule has 0 aliphatic heterocycles. The molecule has 1 aromatic heterocycles. The number of halogens is 1. The Labute approximate surface area is 118 Å². The van der Waals surface area contributed by atoms with E-state index in [-0.39, 0.29) is 11.6 Å². The zero-order valence-electron chi connectivity index (χ0n) is 12.1. The first-order valence-electron chi connectivity index (χ1n) is 6.67. The summed E-state index contributed by atoms with van der Waals surface area (Å²) in [5.41, 5.74) is 1.27. The van der Waals surface area contributed by atoms with Crippen LogP contribution in [0.5, 0.6) is 0 Å². The Morgan fingerprint density at radius 3 is 2.45 bits per heavy atom. The highest BCUT2D eigenvalue weighted by molar-refractivity contribution is 5.89. The van der Waals surface area contributed by atoms with Crippen molar-refractivity contribution in [2.45, 2.75) is 32.1 Å². The number of benzene rings is 1. The molecular formula is C16H19FN2O. The second-order valence-electron chi connectivity index (χ2n) is 5.50. The van der Waals surface area contributed by atoms with Crippen LogP contribution in [0, 0.1) is 5.82 Å². The van der Waals surface area contributed by atoms with Crippen LogP contribution >= 0.6 is 0 Å². The summed E-state index contributed by atoms with van der Waals surface area (Å²) in [4.78, 5) is 12.4. The third-order valence-corrected chi connectivity index (χ3v) is 3.79. The number of ketones is 1. The molecule has 20 heavy (non-hydrogen) atoms. The fourth-order valence-corrected chi connectivity index (χ4v) is 2.23. The number of Topliss-reactive ketones (excluding diaryl/α,β-unsaturated/α-hetero) is 1. The molecule has 0 N–H and O–H groups in total. The highest BCUT2D eigenvalue weighted by atomic mass is 19.1. The predicted octanol–water partition coefficient (Wildman–Crippen LogP) is 3.04. The van der Waals surface area contributed by atoms with Crippen LogP contribution in [-0.2, 0) is 23.7 Å². The van der Waals surface area contributed by atoms with Crippen LogP contribution in [0.2, 0.25) is 0 Å². The number of carbonyl (C=O) groups excluding carboxylic acids is 1. The molecule has 0 atom stereocenters. The van der Waals surface area contributed by atoms with Gasteiger partial charge in [-0.3, -0.25) is 9.48 Å². The summed E-state index contributed by atoms with van der Waals surface area (Å²) in [6, 6.07) is 8.06. The van der Waals surface area contributed by atoms with Crippen LogP contribution in [0.25, 0.3) is 0 Å². The zero-order chi connectivity index (χ0) is 14.8. The highest BCUT2D eigenvalue weighted by Crippen LogP contribution is 2.26. The van der Waals surface area contributed by atoms with Gasteiger partial charge in [-0.1, -0.05) is 12.1 Å². The van der Waals surface area contributed by atoms with Crippen molar-refractivity contribution >= 4 is 5.78 Å². The van der Waals surface area contributed by atoms with E-state index in [0.717, 1.165) is 11.3 Å². The van der Waals surface area contributed by atoms with E-state index in [2.05, 4.69) is 5.10 Å². The first-order valence-corrected chi connectivity index (χ1v) is 6.67. The number of nitrogens with zero attached hydrogens (tertiary/aromatic N) is 2. The SMILES string of the molecule is Cn1nccc1CCC(=O)C(C)(C)c1ccc(F)cc1. The largest absolute Gasteiger partial charge is 0.299 e. The normalized spacial score (nSPS) is 11.6. The fourth-order valence-electron chi connectivity index (χ4n) is 2.23. The number of hydrogen-bond acceptors (Lipinski definition) is 2. The quantitative estimate of drug-likeness (QED) is 0.840. The van der Waals surface area contributed by atoms with Gasteiger partial charge in [-0.15, -0.1) is 0 Å². The second-order valence-corrected chi connectivity index (χ2v) is 5.50. The van der Waals surface area contributed by atoms with Gasteiger partial charge in [-0.25, -0.2) is 4.39 Å². The van der Waals surface area contributed by atoms with Crippen LogP contribution in [0.4, 0.5) is 4.39 Å². The van der Waals surface area contributed by atoms with Gasteiger partial charge < -0.3 is 0 Å². The molecule has 0 bridgehead atoms. The molecule has 0 saturated carbocycles. The number of hydrogen-bond donors (Lipinski definition) is 0. The van der Waals surface area contributed by atoms with Crippen molar-refractivity contribution < 1.29 is 9.18 Å². The summed E-state index contributed by atoms with van der Waals surface area (Å²) in [5.74, 6) is -0.141. The first kappa shape index (κ1) is 14.4. The van der Waals surface area contributed by atoms with Crippen LogP contribution in [0.15, 0.2) is 36.5 Å². The molecule has 3 nitrogen and oxygen atoms in total. The fraction of sp³-hybridized carbons (Fsp3) is 0.375. The Bertz CT molecular complexity index is 599. The standard InChI is InChI=1S/C16H19FN2O/c1-16(2,12-4-6-13(17)7-5-12)15(20)9-8-14-10-11-18-19(14)3/h4-7,10-11H,8-9H2,1-3H3. The molecule has 0 radical (unpaired) electrons. The van der Waals surface area contributed by atoms with E-state index < -0.39 is 5.41 Å². The lowest BCUT2D eigenvalue weighted by atomic mass is 9.79. The lowest BCUT2D eigenvalue weighted by molar-refractivity contribution is -0.123. The molecule has 0 fully saturated rings. The summed E-state index contributed by atoms with van der Waals surface area (Å²) < 4.78 is 14.7. The third-order valence-electron chi connectivity index (χ3n) is 3.79. The number of carbonyl (C=O) groups is 1. The van der Waals surface area contributed by atoms with Crippen molar-refractivity contribution in [1.82, 2.24) is 9.78 Å². The number of aromatic nitrogens is 2. The third kappa shape index (κ3) is 2.95. The van der Waals surface area contributed by atoms with E-state index in [1.54, 1.807) is 23.0 Å². The first-order chi connectivity index (χ1) is 9.41. The summed E-state index contributed by atoms with van der Waals surface area (Å²) in [5, 5.41) is 4.09. The maximum Gasteiger partial charge on any atom is 0.143 e. The Morgan fingerprint density at radius 1 is 1.25 bits per heavy atom. The average Bonchev–Trinajstić information content (AvgIpc) is 2.82. The minimum Gasteiger partial charge on any atom is -0.299 e. The van der Waals surface area contributed by atoms with Gasteiger partial charge in [0.1, 0.15) is 11.6 Å². The van der Waals surface area contributed by atoms with E-state index >= 15 is 0 Å². The van der Waals surface area contributed by atoms with Gasteiger partial charge in [0.15, 0.2) is 0 Å². The predicted molar refractivity (Wildman–Crippen MR) is 76.0 cm³/mol. The Hall–Kier alpha value is -1.97. The van der Waals surface area contributed by atoms with Crippen molar-refractivity contribution in [1.29, 1.82) is 0 Å². The summed E-state index contributed by atoms with van der Waals surface area (Å²) >= 11 is 0. The smallest absolute Gasteiger partial charge is 0.143 e. The van der Waals surface area contributed by atoms with Gasteiger partial charge >= 0.3 is 0 Å². The molecule has 2 aromatic rings. The highest BCUT2D eigenvalue weighted by Gasteiger charge is 2.29. The summed E-state index contributed by atoms with van der Waals surface area (Å²) in [6.45, 7) is 3.76. The second kappa shape index (κ2) is 5.57. The molecule has 1 aromatic carbocycles. The molecule has 0 saturated heterocycles. The van der Waals surface area contributed by atoms with Crippen molar-refractivity contribution in [2.24, 2.45) is 7.05 Å². The van der Waals surface area contributed by atoms with E-state index in [0.29, 0.717) is 12.8 Å². The Morgan fingerprint density at radius 2 is 1.90 bits per heavy atom. The van der Waals surface area contributed by atoms with Crippen molar-refractivity contribution in [3.05, 3.63) is 53.6 Å². The van der Waals surface area contributed by atoms with Gasteiger partial charge in [0.2, 0.25) is 0 Å². The monoisotopic (exact) mass is 274 g/mol. The minimum atomic E-state index is -0.605. The maximum absolute atomic E-state index is 13.0.